The Bertz CT molecular complexity index is 429. The highest BCUT2D eigenvalue weighted by Crippen LogP contribution is 2.55. The SMILES string of the molecule is COCCNC(C)c1nnnn1C1(C(F)(F)F)CC1. The third kappa shape index (κ3) is 2.57. The van der Waals surface area contributed by atoms with E-state index in [-0.39, 0.29) is 24.7 Å². The summed E-state index contributed by atoms with van der Waals surface area (Å²) >= 11 is 0. The van der Waals surface area contributed by atoms with Crippen molar-refractivity contribution in [2.24, 2.45) is 0 Å². The number of nitrogens with zero attached hydrogens (tertiary/aromatic N) is 4. The zero-order valence-corrected chi connectivity index (χ0v) is 10.7. The van der Waals surface area contributed by atoms with E-state index >= 15 is 0 Å². The van der Waals surface area contributed by atoms with Crippen LogP contribution in [0.5, 0.6) is 0 Å². The minimum absolute atomic E-state index is 0.0271. The minimum atomic E-state index is -4.33. The molecule has 1 unspecified atom stereocenters. The number of hydrogen-bond donors (Lipinski definition) is 1. The van der Waals surface area contributed by atoms with Crippen LogP contribution in [-0.4, -0.2) is 46.6 Å². The first-order valence-corrected chi connectivity index (χ1v) is 6.00. The first kappa shape index (κ1) is 14.2. The van der Waals surface area contributed by atoms with E-state index in [1.807, 2.05) is 0 Å². The molecule has 0 aliphatic heterocycles. The van der Waals surface area contributed by atoms with Gasteiger partial charge >= 0.3 is 6.18 Å². The molecule has 0 bridgehead atoms. The maximum atomic E-state index is 13.1. The van der Waals surface area contributed by atoms with Crippen LogP contribution >= 0.6 is 0 Å². The number of aromatic nitrogens is 4. The molecule has 108 valence electrons. The standard InChI is InChI=1S/C10H16F3N5O/c1-7(14-5-6-19-2)8-15-16-17-18(8)9(3-4-9)10(11,12)13/h7,14H,3-6H2,1-2H3. The molecule has 2 rings (SSSR count). The number of methoxy groups -OCH3 is 1. The number of rotatable bonds is 6. The lowest BCUT2D eigenvalue weighted by Crippen LogP contribution is -2.38. The van der Waals surface area contributed by atoms with E-state index in [9.17, 15) is 13.2 Å². The normalized spacial score (nSPS) is 19.4. The van der Waals surface area contributed by atoms with Crippen LogP contribution in [0.3, 0.4) is 0 Å². The molecular weight excluding hydrogens is 263 g/mol. The van der Waals surface area contributed by atoms with Gasteiger partial charge in [-0.1, -0.05) is 0 Å². The molecule has 6 nitrogen and oxygen atoms in total. The van der Waals surface area contributed by atoms with Gasteiger partial charge in [-0.15, -0.1) is 5.10 Å². The molecule has 0 saturated heterocycles. The molecule has 1 atom stereocenters. The zero-order chi connectivity index (χ0) is 14.1. The summed E-state index contributed by atoms with van der Waals surface area (Å²) in [7, 11) is 1.55. The van der Waals surface area contributed by atoms with Crippen LogP contribution in [0.15, 0.2) is 0 Å². The quantitative estimate of drug-likeness (QED) is 0.788. The molecular formula is C10H16F3N5O. The molecule has 1 N–H and O–H groups in total. The van der Waals surface area contributed by atoms with Crippen LogP contribution in [-0.2, 0) is 10.3 Å². The van der Waals surface area contributed by atoms with E-state index in [1.165, 1.54) is 0 Å². The van der Waals surface area contributed by atoms with Crippen molar-refractivity contribution in [1.82, 2.24) is 25.5 Å². The Morgan fingerprint density at radius 3 is 2.68 bits per heavy atom. The van der Waals surface area contributed by atoms with E-state index in [1.54, 1.807) is 14.0 Å². The van der Waals surface area contributed by atoms with Crippen molar-refractivity contribution >= 4 is 0 Å². The highest BCUT2D eigenvalue weighted by atomic mass is 19.4. The van der Waals surface area contributed by atoms with E-state index in [2.05, 4.69) is 20.8 Å². The zero-order valence-electron chi connectivity index (χ0n) is 10.7. The molecule has 1 saturated carbocycles. The molecule has 0 radical (unpaired) electrons. The number of alkyl halides is 3. The van der Waals surface area contributed by atoms with Crippen molar-refractivity contribution < 1.29 is 17.9 Å². The van der Waals surface area contributed by atoms with Crippen LogP contribution in [0.25, 0.3) is 0 Å². The smallest absolute Gasteiger partial charge is 0.383 e. The summed E-state index contributed by atoms with van der Waals surface area (Å²) in [6.07, 6.45) is -4.28. The second-order valence-electron chi connectivity index (χ2n) is 4.65. The van der Waals surface area contributed by atoms with Crippen molar-refractivity contribution in [3.05, 3.63) is 5.82 Å². The number of hydrogen-bond acceptors (Lipinski definition) is 5. The lowest BCUT2D eigenvalue weighted by molar-refractivity contribution is -0.183. The fraction of sp³-hybridized carbons (Fsp3) is 0.900. The van der Waals surface area contributed by atoms with Crippen molar-refractivity contribution in [3.8, 4) is 0 Å². The topological polar surface area (TPSA) is 64.9 Å². The van der Waals surface area contributed by atoms with Crippen LogP contribution in [0.1, 0.15) is 31.6 Å². The lowest BCUT2D eigenvalue weighted by Gasteiger charge is -2.22. The van der Waals surface area contributed by atoms with Gasteiger partial charge in [0.1, 0.15) is 0 Å². The number of nitrogens with one attached hydrogen (secondary N) is 1. The first-order valence-electron chi connectivity index (χ1n) is 6.00. The highest BCUT2D eigenvalue weighted by Gasteiger charge is 2.66. The minimum Gasteiger partial charge on any atom is -0.383 e. The van der Waals surface area contributed by atoms with Crippen molar-refractivity contribution in [2.75, 3.05) is 20.3 Å². The molecule has 1 aliphatic rings. The van der Waals surface area contributed by atoms with Crippen LogP contribution < -0.4 is 5.32 Å². The van der Waals surface area contributed by atoms with E-state index in [4.69, 9.17) is 4.74 Å². The van der Waals surface area contributed by atoms with Crippen LogP contribution in [0, 0.1) is 0 Å². The number of tetrazole rings is 1. The van der Waals surface area contributed by atoms with Gasteiger partial charge in [0, 0.05) is 13.7 Å². The maximum Gasteiger partial charge on any atom is 0.413 e. The van der Waals surface area contributed by atoms with Crippen molar-refractivity contribution in [3.63, 3.8) is 0 Å². The summed E-state index contributed by atoms with van der Waals surface area (Å²) in [5, 5.41) is 13.6. The molecule has 19 heavy (non-hydrogen) atoms. The van der Waals surface area contributed by atoms with Gasteiger partial charge in [0.15, 0.2) is 11.4 Å². The third-order valence-corrected chi connectivity index (χ3v) is 3.29. The summed E-state index contributed by atoms with van der Waals surface area (Å²) in [5.74, 6) is 0.200. The van der Waals surface area contributed by atoms with Gasteiger partial charge in [-0.2, -0.15) is 13.2 Å². The van der Waals surface area contributed by atoms with Gasteiger partial charge in [-0.25, -0.2) is 4.68 Å². The Balaban J connectivity index is 2.14. The van der Waals surface area contributed by atoms with Gasteiger partial charge in [0.05, 0.1) is 12.6 Å². The molecule has 9 heteroatoms. The number of ether oxygens (including phenoxy) is 1. The van der Waals surface area contributed by atoms with Gasteiger partial charge in [-0.3, -0.25) is 0 Å². The van der Waals surface area contributed by atoms with Crippen molar-refractivity contribution in [1.29, 1.82) is 0 Å². The molecule has 1 aliphatic carbocycles. The maximum absolute atomic E-state index is 13.1. The van der Waals surface area contributed by atoms with Crippen LogP contribution in [0.2, 0.25) is 0 Å². The Morgan fingerprint density at radius 2 is 2.16 bits per heavy atom. The molecule has 1 heterocycles. The molecule has 0 spiro atoms. The van der Waals surface area contributed by atoms with Gasteiger partial charge in [0.2, 0.25) is 0 Å². The van der Waals surface area contributed by atoms with Gasteiger partial charge in [-0.05, 0) is 30.2 Å². The van der Waals surface area contributed by atoms with E-state index in [0.29, 0.717) is 13.2 Å². The van der Waals surface area contributed by atoms with Gasteiger partial charge < -0.3 is 10.1 Å². The summed E-state index contributed by atoms with van der Waals surface area (Å²) in [6, 6.07) is -0.370. The Hall–Kier alpha value is -1.22. The summed E-state index contributed by atoms with van der Waals surface area (Å²) < 4.78 is 44.9. The second kappa shape index (κ2) is 5.04. The summed E-state index contributed by atoms with van der Waals surface area (Å²) in [4.78, 5) is 0. The molecule has 1 aromatic heterocycles. The average molecular weight is 279 g/mol. The predicted molar refractivity (Wildman–Crippen MR) is 59.4 cm³/mol. The molecule has 0 amide bonds. The third-order valence-electron chi connectivity index (χ3n) is 3.29. The van der Waals surface area contributed by atoms with Gasteiger partial charge in [0.25, 0.3) is 0 Å². The van der Waals surface area contributed by atoms with Crippen molar-refractivity contribution in [2.45, 2.75) is 37.5 Å². The Morgan fingerprint density at radius 1 is 1.47 bits per heavy atom. The molecule has 1 fully saturated rings. The summed E-state index contributed by atoms with van der Waals surface area (Å²) in [6.45, 7) is 2.71. The fourth-order valence-corrected chi connectivity index (χ4v) is 1.97. The van der Waals surface area contributed by atoms with Crippen LogP contribution in [0.4, 0.5) is 13.2 Å². The second-order valence-corrected chi connectivity index (χ2v) is 4.65. The number of halogens is 3. The highest BCUT2D eigenvalue weighted by molar-refractivity contribution is 5.09. The largest absolute Gasteiger partial charge is 0.413 e. The average Bonchev–Trinajstić information content (AvgIpc) is 3.01. The first-order chi connectivity index (χ1) is 8.92. The Kier molecular flexibility index (Phi) is 3.77. The Labute approximate surface area is 108 Å². The van der Waals surface area contributed by atoms with E-state index in [0.717, 1.165) is 4.68 Å². The fourth-order valence-electron chi connectivity index (χ4n) is 1.97. The lowest BCUT2D eigenvalue weighted by atomic mass is 10.2. The van der Waals surface area contributed by atoms with E-state index < -0.39 is 11.7 Å². The monoisotopic (exact) mass is 279 g/mol. The summed E-state index contributed by atoms with van der Waals surface area (Å²) in [5.41, 5.74) is -1.91. The predicted octanol–water partition coefficient (Wildman–Crippen LogP) is 1.02. The molecule has 0 aromatic carbocycles. The molecule has 1 aromatic rings.